The van der Waals surface area contributed by atoms with Crippen LogP contribution in [0.25, 0.3) is 0 Å². The highest BCUT2D eigenvalue weighted by molar-refractivity contribution is 8.01. The molecule has 3 heterocycles. The summed E-state index contributed by atoms with van der Waals surface area (Å²) in [6.07, 6.45) is 0. The molecule has 8 heteroatoms. The zero-order valence-electron chi connectivity index (χ0n) is 18.9. The number of carbonyl (C=O) groups is 2. The molecule has 2 saturated heterocycles. The summed E-state index contributed by atoms with van der Waals surface area (Å²) in [5.74, 6) is -2.40. The van der Waals surface area contributed by atoms with E-state index in [1.807, 2.05) is 6.92 Å². The van der Waals surface area contributed by atoms with Crippen molar-refractivity contribution in [1.82, 2.24) is 0 Å². The maximum absolute atomic E-state index is 13.2. The molecule has 31 heavy (non-hydrogen) atoms. The molecule has 0 N–H and O–H groups in total. The van der Waals surface area contributed by atoms with Gasteiger partial charge in [-0.25, -0.2) is 0 Å². The molecule has 1 aromatic rings. The molecule has 4 rings (SSSR count). The van der Waals surface area contributed by atoms with Crippen molar-refractivity contribution in [3.05, 3.63) is 41.0 Å². The van der Waals surface area contributed by atoms with Crippen LogP contribution >= 0.6 is 0 Å². The van der Waals surface area contributed by atoms with Crippen molar-refractivity contribution in [2.75, 3.05) is 0 Å². The number of cyclic esters (lactones) is 2. The van der Waals surface area contributed by atoms with E-state index in [2.05, 4.69) is 45.3 Å². The van der Waals surface area contributed by atoms with Gasteiger partial charge in [-0.1, -0.05) is 69.9 Å². The van der Waals surface area contributed by atoms with Crippen LogP contribution in [-0.4, -0.2) is 30.9 Å². The van der Waals surface area contributed by atoms with Crippen LogP contribution in [0.1, 0.15) is 47.1 Å². The minimum absolute atomic E-state index is 0.130. The number of hydrogen-bond donors (Lipinski definition) is 0. The second kappa shape index (κ2) is 6.85. The molecule has 0 aromatic heterocycles. The highest BCUT2D eigenvalue weighted by Gasteiger charge is 2.68. The fourth-order valence-corrected chi connectivity index (χ4v) is 10.5. The van der Waals surface area contributed by atoms with Gasteiger partial charge in [-0.3, -0.25) is 9.59 Å². The van der Waals surface area contributed by atoms with Gasteiger partial charge < -0.3 is 4.74 Å². The molecular weight excluding hydrogens is 434 g/mol. The van der Waals surface area contributed by atoms with E-state index in [4.69, 9.17) is 4.74 Å². The zero-order chi connectivity index (χ0) is 23.1. The Balaban J connectivity index is 1.96. The second-order valence-electron chi connectivity index (χ2n) is 10.7. The van der Waals surface area contributed by atoms with Crippen LogP contribution in [0.4, 0.5) is 0 Å². The summed E-state index contributed by atoms with van der Waals surface area (Å²) in [6, 6.07) is 6.59. The first-order chi connectivity index (χ1) is 14.1. The number of rotatable bonds is 2. The first-order valence-electron chi connectivity index (χ1n) is 10.4. The van der Waals surface area contributed by atoms with Crippen molar-refractivity contribution in [2.45, 2.75) is 63.9 Å². The van der Waals surface area contributed by atoms with Gasteiger partial charge in [-0.15, -0.1) is 3.77 Å². The van der Waals surface area contributed by atoms with Gasteiger partial charge in [0.05, 0.1) is 27.2 Å². The van der Waals surface area contributed by atoms with Crippen LogP contribution in [0.15, 0.2) is 44.1 Å². The zero-order valence-corrected chi connectivity index (χ0v) is 20.6. The van der Waals surface area contributed by atoms with E-state index in [-0.39, 0.29) is 15.7 Å². The topological polar surface area (TPSA) is 89.9 Å². The third-order valence-electron chi connectivity index (χ3n) is 6.28. The van der Waals surface area contributed by atoms with Crippen LogP contribution in [0.5, 0.6) is 0 Å². The second-order valence-corrected chi connectivity index (χ2v) is 14.4. The van der Waals surface area contributed by atoms with Crippen molar-refractivity contribution in [1.29, 1.82) is 0 Å². The summed E-state index contributed by atoms with van der Waals surface area (Å²) < 4.78 is 35.9. The van der Waals surface area contributed by atoms with Crippen molar-refractivity contribution >= 4 is 32.7 Å². The molecule has 0 radical (unpaired) electrons. The minimum Gasteiger partial charge on any atom is -0.393 e. The van der Waals surface area contributed by atoms with E-state index in [0.29, 0.717) is 0 Å². The molecule has 2 bridgehead atoms. The Labute approximate surface area is 186 Å². The van der Waals surface area contributed by atoms with E-state index in [0.717, 1.165) is 16.7 Å². The summed E-state index contributed by atoms with van der Waals surface area (Å²) in [5, 5.41) is -0.855. The van der Waals surface area contributed by atoms with Gasteiger partial charge in [0.15, 0.2) is 0 Å². The summed E-state index contributed by atoms with van der Waals surface area (Å²) >= 11 is 0. The highest BCUT2D eigenvalue weighted by Crippen LogP contribution is 2.61. The minimum atomic E-state index is -3.94. The Morgan fingerprint density at radius 3 is 1.65 bits per heavy atom. The van der Waals surface area contributed by atoms with E-state index in [9.17, 15) is 18.0 Å². The summed E-state index contributed by atoms with van der Waals surface area (Å²) in [5.41, 5.74) is 2.48. The average molecular weight is 464 g/mol. The number of benzene rings is 1. The maximum Gasteiger partial charge on any atom is 0.319 e. The van der Waals surface area contributed by atoms with Gasteiger partial charge >= 0.3 is 11.9 Å². The van der Waals surface area contributed by atoms with E-state index in [1.54, 1.807) is 24.3 Å². The summed E-state index contributed by atoms with van der Waals surface area (Å²) in [6.45, 7) is 14.3. The van der Waals surface area contributed by atoms with Crippen LogP contribution in [-0.2, 0) is 35.0 Å². The number of hydrogen-bond acceptors (Lipinski definition) is 5. The van der Waals surface area contributed by atoms with Crippen LogP contribution < -0.4 is 0 Å². The number of nitrogens with zero attached hydrogens (tertiary/aromatic N) is 1. The molecule has 0 aliphatic carbocycles. The van der Waals surface area contributed by atoms with Crippen molar-refractivity contribution < 1.29 is 22.7 Å². The molecule has 1 unspecified atom stereocenters. The van der Waals surface area contributed by atoms with Crippen LogP contribution in [0.2, 0.25) is 0 Å². The predicted octanol–water partition coefficient (Wildman–Crippen LogP) is 3.95. The lowest BCUT2D eigenvalue weighted by Crippen LogP contribution is -2.38. The summed E-state index contributed by atoms with van der Waals surface area (Å²) in [7, 11) is -4.99. The molecule has 0 amide bonds. The number of ether oxygens (including phenoxy) is 1. The molecule has 5 atom stereocenters. The molecule has 0 spiro atoms. The van der Waals surface area contributed by atoms with Gasteiger partial charge in [0.1, 0.15) is 0 Å². The lowest BCUT2D eigenvalue weighted by Gasteiger charge is -2.37. The number of carbonyl (C=O) groups excluding carboxylic acids is 2. The number of esters is 2. The highest BCUT2D eigenvalue weighted by atomic mass is 32.3. The lowest BCUT2D eigenvalue weighted by atomic mass is 9.64. The molecule has 2 fully saturated rings. The third-order valence-corrected chi connectivity index (χ3v) is 10.7. The quantitative estimate of drug-likeness (QED) is 0.376. The normalized spacial score (nSPS) is 30.9. The van der Waals surface area contributed by atoms with Crippen LogP contribution in [0.3, 0.4) is 0 Å². The maximum atomic E-state index is 13.2. The molecule has 168 valence electrons. The van der Waals surface area contributed by atoms with Gasteiger partial charge in [0.25, 0.3) is 10.0 Å². The van der Waals surface area contributed by atoms with Gasteiger partial charge in [0.2, 0.25) is 0 Å². The van der Waals surface area contributed by atoms with Crippen molar-refractivity contribution in [3.63, 3.8) is 0 Å². The smallest absolute Gasteiger partial charge is 0.319 e. The standard InChI is InChI=1S/C23H29NO5S2/c1-12-8-10-13(11-9-12)31(27,28)24-30-18-14-15(21(26)29-20(14)25)19(30)17(23(5,6)7)16(18)22(2,3)4/h8-11,14-15,18-19H,1-7H3/t14-,15+,18+,19-,30?. The van der Waals surface area contributed by atoms with Crippen molar-refractivity contribution in [2.24, 2.45) is 26.4 Å². The predicted molar refractivity (Wildman–Crippen MR) is 120 cm³/mol. The number of fused-ring (bicyclic) bond motifs is 5. The van der Waals surface area contributed by atoms with Gasteiger partial charge in [-0.2, -0.15) is 8.42 Å². The number of aryl methyl sites for hydroxylation is 1. The van der Waals surface area contributed by atoms with E-state index >= 15 is 0 Å². The van der Waals surface area contributed by atoms with Crippen LogP contribution in [0, 0.1) is 29.6 Å². The van der Waals surface area contributed by atoms with Gasteiger partial charge in [-0.05, 0) is 41.0 Å². The van der Waals surface area contributed by atoms with E-state index < -0.39 is 55.0 Å². The molecule has 3 aliphatic rings. The fraction of sp³-hybridized carbons (Fsp3) is 0.565. The molecule has 0 saturated carbocycles. The van der Waals surface area contributed by atoms with Gasteiger partial charge in [0, 0.05) is 0 Å². The first kappa shape index (κ1) is 22.4. The SMILES string of the molecule is Cc1ccc(S(=O)(=O)N=S2[C@@H]3C(C(C)(C)C)=C(C(C)(C)C)[C@H]2[C@H]2C(=O)OC(=O)[C@H]23)cc1. The third kappa shape index (κ3) is 3.42. The Kier molecular flexibility index (Phi) is 4.95. The molecular formula is C23H29NO5S2. The lowest BCUT2D eigenvalue weighted by molar-refractivity contribution is -0.153. The Morgan fingerprint density at radius 2 is 1.26 bits per heavy atom. The summed E-state index contributed by atoms with van der Waals surface area (Å²) in [4.78, 5) is 25.4. The van der Waals surface area contributed by atoms with E-state index in [1.165, 1.54) is 0 Å². The molecule has 6 nitrogen and oxygen atoms in total. The monoisotopic (exact) mass is 463 g/mol. The fourth-order valence-electron chi connectivity index (χ4n) is 5.14. The average Bonchev–Trinajstić information content (AvgIpc) is 3.20. The largest absolute Gasteiger partial charge is 0.393 e. The molecule has 1 aromatic carbocycles. The molecule has 3 aliphatic heterocycles. The number of sulfonamides is 1. The Morgan fingerprint density at radius 1 is 0.839 bits per heavy atom. The Bertz CT molecular complexity index is 1100. The van der Waals surface area contributed by atoms with Crippen molar-refractivity contribution in [3.8, 4) is 0 Å². The first-order valence-corrected chi connectivity index (χ1v) is 13.2. The Hall–Kier alpha value is -1.80.